The molecule has 114 valence electrons. The summed E-state index contributed by atoms with van der Waals surface area (Å²) in [5, 5.41) is 1.62. The molecule has 0 unspecified atom stereocenters. The molecule has 0 saturated carbocycles. The zero-order chi connectivity index (χ0) is 15.8. The maximum Gasteiger partial charge on any atom is 0.295 e. The van der Waals surface area contributed by atoms with E-state index in [1.807, 2.05) is 55.5 Å². The number of thiazole rings is 1. The van der Waals surface area contributed by atoms with Crippen molar-refractivity contribution in [2.75, 3.05) is 11.4 Å². The van der Waals surface area contributed by atoms with Crippen molar-refractivity contribution in [2.45, 2.75) is 6.92 Å². The first-order valence-corrected chi connectivity index (χ1v) is 8.24. The SMILES string of the molecule is CCN(C(=O)c1cc2ccccc2o1)c1nc2ccccc2s1. The van der Waals surface area contributed by atoms with E-state index in [1.54, 1.807) is 11.0 Å². The van der Waals surface area contributed by atoms with Gasteiger partial charge in [-0.3, -0.25) is 9.69 Å². The van der Waals surface area contributed by atoms with E-state index in [0.29, 0.717) is 17.4 Å². The molecule has 0 aliphatic rings. The number of nitrogens with zero attached hydrogens (tertiary/aromatic N) is 2. The van der Waals surface area contributed by atoms with E-state index in [2.05, 4.69) is 4.98 Å². The Kier molecular flexibility index (Phi) is 3.35. The largest absolute Gasteiger partial charge is 0.451 e. The van der Waals surface area contributed by atoms with Crippen molar-refractivity contribution in [1.82, 2.24) is 4.98 Å². The van der Waals surface area contributed by atoms with E-state index < -0.39 is 0 Å². The van der Waals surface area contributed by atoms with E-state index in [1.165, 1.54) is 11.3 Å². The first-order chi connectivity index (χ1) is 11.3. The molecule has 0 saturated heterocycles. The van der Waals surface area contributed by atoms with Crippen molar-refractivity contribution in [3.63, 3.8) is 0 Å². The van der Waals surface area contributed by atoms with Gasteiger partial charge in [0.05, 0.1) is 10.2 Å². The number of aromatic nitrogens is 1. The van der Waals surface area contributed by atoms with Crippen molar-refractivity contribution in [3.05, 3.63) is 60.4 Å². The molecule has 4 rings (SSSR count). The summed E-state index contributed by atoms with van der Waals surface area (Å²) < 4.78 is 6.76. The van der Waals surface area contributed by atoms with Crippen molar-refractivity contribution in [3.8, 4) is 0 Å². The summed E-state index contributed by atoms with van der Waals surface area (Å²) in [4.78, 5) is 19.0. The molecule has 0 aliphatic carbocycles. The minimum atomic E-state index is -0.164. The van der Waals surface area contributed by atoms with Crippen molar-refractivity contribution in [1.29, 1.82) is 0 Å². The van der Waals surface area contributed by atoms with Crippen LogP contribution in [0.5, 0.6) is 0 Å². The molecule has 0 bridgehead atoms. The number of para-hydroxylation sites is 2. The number of carbonyl (C=O) groups is 1. The number of fused-ring (bicyclic) bond motifs is 2. The second kappa shape index (κ2) is 5.52. The summed E-state index contributed by atoms with van der Waals surface area (Å²) >= 11 is 1.51. The fourth-order valence-electron chi connectivity index (χ4n) is 2.56. The average Bonchev–Trinajstić information content (AvgIpc) is 3.19. The van der Waals surface area contributed by atoms with Gasteiger partial charge < -0.3 is 4.42 Å². The van der Waals surface area contributed by atoms with Gasteiger partial charge in [-0.2, -0.15) is 0 Å². The maximum absolute atomic E-state index is 12.8. The maximum atomic E-state index is 12.8. The van der Waals surface area contributed by atoms with Crippen LogP contribution in [0.15, 0.2) is 59.0 Å². The summed E-state index contributed by atoms with van der Waals surface area (Å²) in [5.41, 5.74) is 1.62. The third-order valence-corrected chi connectivity index (χ3v) is 4.77. The quantitative estimate of drug-likeness (QED) is 0.549. The molecule has 0 aliphatic heterocycles. The molecule has 4 nitrogen and oxygen atoms in total. The number of amides is 1. The lowest BCUT2D eigenvalue weighted by Gasteiger charge is -2.15. The second-order valence-corrected chi connectivity index (χ2v) is 6.17. The molecule has 2 aromatic carbocycles. The van der Waals surface area contributed by atoms with Gasteiger partial charge in [0, 0.05) is 11.9 Å². The van der Waals surface area contributed by atoms with Crippen molar-refractivity contribution in [2.24, 2.45) is 0 Å². The molecule has 0 spiro atoms. The van der Waals surface area contributed by atoms with Crippen LogP contribution in [-0.2, 0) is 0 Å². The Morgan fingerprint density at radius 1 is 1.17 bits per heavy atom. The Balaban J connectivity index is 1.74. The molecule has 1 amide bonds. The number of hydrogen-bond donors (Lipinski definition) is 0. The van der Waals surface area contributed by atoms with Gasteiger partial charge in [-0.25, -0.2) is 4.98 Å². The Bertz CT molecular complexity index is 936. The van der Waals surface area contributed by atoms with Crippen LogP contribution in [0.3, 0.4) is 0 Å². The van der Waals surface area contributed by atoms with E-state index in [4.69, 9.17) is 4.42 Å². The minimum Gasteiger partial charge on any atom is -0.451 e. The Labute approximate surface area is 137 Å². The highest BCUT2D eigenvalue weighted by Gasteiger charge is 2.22. The van der Waals surface area contributed by atoms with Crippen molar-refractivity contribution >= 4 is 43.6 Å². The van der Waals surface area contributed by atoms with Crippen LogP contribution in [0.25, 0.3) is 21.2 Å². The average molecular weight is 322 g/mol. The molecular formula is C18H14N2O2S. The van der Waals surface area contributed by atoms with Gasteiger partial charge in [-0.15, -0.1) is 0 Å². The third-order valence-electron chi connectivity index (χ3n) is 3.71. The monoisotopic (exact) mass is 322 g/mol. The number of furan rings is 1. The zero-order valence-corrected chi connectivity index (χ0v) is 13.3. The predicted molar refractivity (Wildman–Crippen MR) is 93.2 cm³/mol. The fraction of sp³-hybridized carbons (Fsp3) is 0.111. The Hall–Kier alpha value is -2.66. The molecule has 0 fully saturated rings. The molecule has 2 aromatic heterocycles. The fourth-order valence-corrected chi connectivity index (χ4v) is 3.59. The smallest absolute Gasteiger partial charge is 0.295 e. The predicted octanol–water partition coefficient (Wildman–Crippen LogP) is 4.71. The van der Waals surface area contributed by atoms with Crippen LogP contribution >= 0.6 is 11.3 Å². The third kappa shape index (κ3) is 2.39. The van der Waals surface area contributed by atoms with E-state index in [-0.39, 0.29) is 5.91 Å². The molecule has 23 heavy (non-hydrogen) atoms. The van der Waals surface area contributed by atoms with Crippen LogP contribution in [0.1, 0.15) is 17.5 Å². The molecule has 2 heterocycles. The van der Waals surface area contributed by atoms with E-state index >= 15 is 0 Å². The van der Waals surface area contributed by atoms with Gasteiger partial charge in [0.15, 0.2) is 10.9 Å². The van der Waals surface area contributed by atoms with Crippen LogP contribution < -0.4 is 4.90 Å². The van der Waals surface area contributed by atoms with Gasteiger partial charge in [-0.05, 0) is 31.2 Å². The number of anilines is 1. The summed E-state index contributed by atoms with van der Waals surface area (Å²) in [7, 11) is 0. The van der Waals surface area contributed by atoms with E-state index in [9.17, 15) is 4.79 Å². The lowest BCUT2D eigenvalue weighted by molar-refractivity contribution is 0.0964. The highest BCUT2D eigenvalue weighted by atomic mass is 32.1. The highest BCUT2D eigenvalue weighted by Crippen LogP contribution is 2.30. The van der Waals surface area contributed by atoms with Crippen LogP contribution in [0.4, 0.5) is 5.13 Å². The van der Waals surface area contributed by atoms with Crippen molar-refractivity contribution < 1.29 is 9.21 Å². The number of hydrogen-bond acceptors (Lipinski definition) is 4. The van der Waals surface area contributed by atoms with Gasteiger partial charge in [0.25, 0.3) is 5.91 Å². The van der Waals surface area contributed by atoms with Gasteiger partial charge >= 0.3 is 0 Å². The molecule has 0 radical (unpaired) electrons. The standard InChI is InChI=1S/C18H14N2O2S/c1-2-20(18-19-13-8-4-6-10-16(13)23-18)17(21)15-11-12-7-3-5-9-14(12)22-15/h3-11H,2H2,1H3. The van der Waals surface area contributed by atoms with Crippen LogP contribution in [-0.4, -0.2) is 17.4 Å². The number of carbonyl (C=O) groups excluding carboxylic acids is 1. The molecule has 0 atom stereocenters. The lowest BCUT2D eigenvalue weighted by atomic mass is 10.2. The second-order valence-electron chi connectivity index (χ2n) is 5.16. The molecule has 5 heteroatoms. The number of rotatable bonds is 3. The van der Waals surface area contributed by atoms with Gasteiger partial charge in [0.2, 0.25) is 0 Å². The molecule has 0 N–H and O–H groups in total. The van der Waals surface area contributed by atoms with Gasteiger partial charge in [-0.1, -0.05) is 41.7 Å². The summed E-state index contributed by atoms with van der Waals surface area (Å²) in [6.45, 7) is 2.47. The summed E-state index contributed by atoms with van der Waals surface area (Å²) in [6, 6.07) is 17.3. The van der Waals surface area contributed by atoms with Crippen LogP contribution in [0.2, 0.25) is 0 Å². The molecule has 4 aromatic rings. The molecular weight excluding hydrogens is 308 g/mol. The lowest BCUT2D eigenvalue weighted by Crippen LogP contribution is -2.30. The normalized spacial score (nSPS) is 11.2. The summed E-state index contributed by atoms with van der Waals surface area (Å²) in [6.07, 6.45) is 0. The first-order valence-electron chi connectivity index (χ1n) is 7.42. The van der Waals surface area contributed by atoms with Gasteiger partial charge in [0.1, 0.15) is 5.58 Å². The number of benzene rings is 2. The zero-order valence-electron chi connectivity index (χ0n) is 12.5. The minimum absolute atomic E-state index is 0.164. The topological polar surface area (TPSA) is 46.3 Å². The Morgan fingerprint density at radius 3 is 2.74 bits per heavy atom. The first kappa shape index (κ1) is 14.0. The Morgan fingerprint density at radius 2 is 1.96 bits per heavy atom. The highest BCUT2D eigenvalue weighted by molar-refractivity contribution is 7.22. The van der Waals surface area contributed by atoms with Crippen LogP contribution in [0, 0.1) is 0 Å². The van der Waals surface area contributed by atoms with E-state index in [0.717, 1.165) is 21.2 Å². The summed E-state index contributed by atoms with van der Waals surface area (Å²) in [5.74, 6) is 0.176.